The van der Waals surface area contributed by atoms with Crippen molar-refractivity contribution in [3.05, 3.63) is 70.7 Å². The van der Waals surface area contributed by atoms with E-state index < -0.39 is 0 Å². The fourth-order valence-electron chi connectivity index (χ4n) is 2.49. The van der Waals surface area contributed by atoms with Crippen molar-refractivity contribution in [2.24, 2.45) is 0 Å². The highest BCUT2D eigenvalue weighted by atomic mass is 16.1. The minimum atomic E-state index is 0.555. The number of nitriles is 1. The number of carbonyl (C=O) groups excluding carboxylic acids is 1. The SMILES string of the molecule is Cc1cnc2c(C#N)cc(Cc3cc(C=O)ccn3)cc2c1. The molecule has 0 saturated heterocycles. The quantitative estimate of drug-likeness (QED) is 0.694. The Bertz CT molecular complexity index is 910. The van der Waals surface area contributed by atoms with Crippen molar-refractivity contribution in [3.8, 4) is 6.07 Å². The van der Waals surface area contributed by atoms with Crippen LogP contribution >= 0.6 is 0 Å². The van der Waals surface area contributed by atoms with Gasteiger partial charge >= 0.3 is 0 Å². The Hall–Kier alpha value is -3.06. The molecule has 4 nitrogen and oxygen atoms in total. The molecule has 0 saturated carbocycles. The molecule has 2 heterocycles. The summed E-state index contributed by atoms with van der Waals surface area (Å²) in [6, 6.07) is 11.5. The largest absolute Gasteiger partial charge is 0.298 e. The first kappa shape index (κ1) is 13.9. The highest BCUT2D eigenvalue weighted by molar-refractivity contribution is 5.85. The molecule has 0 atom stereocenters. The molecule has 0 fully saturated rings. The minimum absolute atomic E-state index is 0.555. The Labute approximate surface area is 128 Å². The molecular weight excluding hydrogens is 274 g/mol. The molecule has 22 heavy (non-hydrogen) atoms. The smallest absolute Gasteiger partial charge is 0.150 e. The lowest BCUT2D eigenvalue weighted by atomic mass is 10.0. The van der Waals surface area contributed by atoms with Crippen molar-refractivity contribution in [1.82, 2.24) is 9.97 Å². The van der Waals surface area contributed by atoms with Crippen LogP contribution in [0.3, 0.4) is 0 Å². The average Bonchev–Trinajstić information content (AvgIpc) is 2.53. The van der Waals surface area contributed by atoms with E-state index in [-0.39, 0.29) is 0 Å². The van der Waals surface area contributed by atoms with Crippen LogP contribution in [0.25, 0.3) is 10.9 Å². The molecule has 0 bridgehead atoms. The molecule has 0 aliphatic heterocycles. The second-order valence-electron chi connectivity index (χ2n) is 5.21. The van der Waals surface area contributed by atoms with Crippen LogP contribution in [0.1, 0.15) is 32.7 Å². The highest BCUT2D eigenvalue weighted by Crippen LogP contribution is 2.21. The standard InChI is InChI=1S/C18H13N3O/c1-12-4-15-5-14(6-16(9-19)18(15)21-10-12)8-17-7-13(11-22)2-3-20-17/h2-7,10-11H,8H2,1H3. The van der Waals surface area contributed by atoms with Gasteiger partial charge in [0.05, 0.1) is 11.1 Å². The molecular formula is C18H13N3O. The lowest BCUT2D eigenvalue weighted by molar-refractivity contribution is 0.112. The summed E-state index contributed by atoms with van der Waals surface area (Å²) in [5.41, 5.74) is 4.70. The third-order valence-corrected chi connectivity index (χ3v) is 3.46. The van der Waals surface area contributed by atoms with Gasteiger partial charge in [-0.1, -0.05) is 0 Å². The summed E-state index contributed by atoms with van der Waals surface area (Å²) in [6.45, 7) is 1.97. The van der Waals surface area contributed by atoms with Crippen molar-refractivity contribution >= 4 is 17.2 Å². The monoisotopic (exact) mass is 287 g/mol. The topological polar surface area (TPSA) is 66.6 Å². The molecule has 0 spiro atoms. The Kier molecular flexibility index (Phi) is 3.63. The summed E-state index contributed by atoms with van der Waals surface area (Å²) in [4.78, 5) is 19.5. The van der Waals surface area contributed by atoms with Crippen molar-refractivity contribution in [3.63, 3.8) is 0 Å². The van der Waals surface area contributed by atoms with Gasteiger partial charge in [0.15, 0.2) is 0 Å². The van der Waals surface area contributed by atoms with Crippen molar-refractivity contribution in [2.75, 3.05) is 0 Å². The summed E-state index contributed by atoms with van der Waals surface area (Å²) < 4.78 is 0. The molecule has 1 aromatic carbocycles. The third kappa shape index (κ3) is 2.70. The fourth-order valence-corrected chi connectivity index (χ4v) is 2.49. The van der Waals surface area contributed by atoms with E-state index in [1.54, 1.807) is 24.5 Å². The molecule has 0 aliphatic rings. The predicted molar refractivity (Wildman–Crippen MR) is 83.6 cm³/mol. The molecule has 3 aromatic rings. The van der Waals surface area contributed by atoms with Crippen LogP contribution < -0.4 is 0 Å². The Morgan fingerprint density at radius 3 is 2.86 bits per heavy atom. The number of carbonyl (C=O) groups is 1. The third-order valence-electron chi connectivity index (χ3n) is 3.46. The lowest BCUT2D eigenvalue weighted by Crippen LogP contribution is -1.96. The lowest BCUT2D eigenvalue weighted by Gasteiger charge is -2.06. The van der Waals surface area contributed by atoms with Gasteiger partial charge in [0.2, 0.25) is 0 Å². The number of fused-ring (bicyclic) bond motifs is 1. The second-order valence-corrected chi connectivity index (χ2v) is 5.21. The van der Waals surface area contributed by atoms with Gasteiger partial charge in [0.1, 0.15) is 12.4 Å². The Morgan fingerprint density at radius 2 is 2.09 bits per heavy atom. The zero-order valence-electron chi connectivity index (χ0n) is 12.1. The highest BCUT2D eigenvalue weighted by Gasteiger charge is 2.07. The predicted octanol–water partition coefficient (Wildman–Crippen LogP) is 3.21. The summed E-state index contributed by atoms with van der Waals surface area (Å²) in [6.07, 6.45) is 4.76. The van der Waals surface area contributed by atoms with Gasteiger partial charge in [-0.05, 0) is 48.4 Å². The molecule has 0 aliphatic carbocycles. The van der Waals surface area contributed by atoms with E-state index in [9.17, 15) is 10.1 Å². The van der Waals surface area contributed by atoms with E-state index in [0.29, 0.717) is 23.1 Å². The molecule has 0 radical (unpaired) electrons. The first-order valence-electron chi connectivity index (χ1n) is 6.89. The summed E-state index contributed by atoms with van der Waals surface area (Å²) >= 11 is 0. The first-order chi connectivity index (χ1) is 10.7. The second kappa shape index (κ2) is 5.74. The molecule has 3 rings (SSSR count). The van der Waals surface area contributed by atoms with Crippen LogP contribution in [0.15, 0.2) is 42.7 Å². The number of aldehydes is 1. The first-order valence-corrected chi connectivity index (χ1v) is 6.89. The zero-order chi connectivity index (χ0) is 15.5. The maximum atomic E-state index is 10.8. The van der Waals surface area contributed by atoms with Gasteiger partial charge in [-0.15, -0.1) is 0 Å². The van der Waals surface area contributed by atoms with E-state index in [0.717, 1.165) is 28.5 Å². The van der Waals surface area contributed by atoms with Crippen LogP contribution in [0.4, 0.5) is 0 Å². The van der Waals surface area contributed by atoms with Crippen LogP contribution in [-0.2, 0) is 6.42 Å². The number of aromatic nitrogens is 2. The molecule has 0 amide bonds. The van der Waals surface area contributed by atoms with Gasteiger partial charge in [0, 0.05) is 35.5 Å². The molecule has 0 unspecified atom stereocenters. The normalized spacial score (nSPS) is 10.4. The average molecular weight is 287 g/mol. The van der Waals surface area contributed by atoms with E-state index in [4.69, 9.17) is 0 Å². The van der Waals surface area contributed by atoms with Gasteiger partial charge in [-0.25, -0.2) is 0 Å². The van der Waals surface area contributed by atoms with Gasteiger partial charge < -0.3 is 0 Å². The van der Waals surface area contributed by atoms with E-state index in [2.05, 4.69) is 16.0 Å². The molecule has 0 N–H and O–H groups in total. The number of hydrogen-bond donors (Lipinski definition) is 0. The van der Waals surface area contributed by atoms with Crippen molar-refractivity contribution < 1.29 is 4.79 Å². The Balaban J connectivity index is 2.07. The fraction of sp³-hybridized carbons (Fsp3) is 0.111. The summed E-state index contributed by atoms with van der Waals surface area (Å²) in [7, 11) is 0. The van der Waals surface area contributed by atoms with Crippen LogP contribution in [-0.4, -0.2) is 16.3 Å². The number of benzene rings is 1. The van der Waals surface area contributed by atoms with Gasteiger partial charge in [-0.3, -0.25) is 14.8 Å². The zero-order valence-corrected chi connectivity index (χ0v) is 12.1. The maximum Gasteiger partial charge on any atom is 0.150 e. The van der Waals surface area contributed by atoms with E-state index in [1.807, 2.05) is 25.1 Å². The molecule has 106 valence electrons. The van der Waals surface area contributed by atoms with E-state index >= 15 is 0 Å². The number of aryl methyl sites for hydroxylation is 1. The van der Waals surface area contributed by atoms with Crippen LogP contribution in [0.5, 0.6) is 0 Å². The Morgan fingerprint density at radius 1 is 1.23 bits per heavy atom. The van der Waals surface area contributed by atoms with Gasteiger partial charge in [0.25, 0.3) is 0 Å². The van der Waals surface area contributed by atoms with E-state index in [1.165, 1.54) is 0 Å². The maximum absolute atomic E-state index is 10.8. The van der Waals surface area contributed by atoms with Gasteiger partial charge in [-0.2, -0.15) is 5.26 Å². The van der Waals surface area contributed by atoms with Crippen molar-refractivity contribution in [1.29, 1.82) is 5.26 Å². The van der Waals surface area contributed by atoms with Crippen LogP contribution in [0, 0.1) is 18.3 Å². The summed E-state index contributed by atoms with van der Waals surface area (Å²) in [5, 5.41) is 10.3. The van der Waals surface area contributed by atoms with Crippen LogP contribution in [0.2, 0.25) is 0 Å². The molecule has 4 heteroatoms. The minimum Gasteiger partial charge on any atom is -0.298 e. The molecule has 2 aromatic heterocycles. The van der Waals surface area contributed by atoms with Crippen molar-refractivity contribution in [2.45, 2.75) is 13.3 Å². The number of nitrogens with zero attached hydrogens (tertiary/aromatic N) is 3. The summed E-state index contributed by atoms with van der Waals surface area (Å²) in [5.74, 6) is 0. The number of rotatable bonds is 3. The number of pyridine rings is 2. The number of hydrogen-bond acceptors (Lipinski definition) is 4.